The molecule has 1 heterocycles. The number of ether oxygens (including phenoxy) is 1. The van der Waals surface area contributed by atoms with Crippen molar-refractivity contribution < 1.29 is 4.74 Å². The van der Waals surface area contributed by atoms with E-state index in [2.05, 4.69) is 17.4 Å². The first kappa shape index (κ1) is 10.6. The fraction of sp³-hybridized carbons (Fsp3) is 0.538. The number of rotatable bonds is 0. The van der Waals surface area contributed by atoms with E-state index in [1.807, 2.05) is 6.07 Å². The Labute approximate surface area is 101 Å². The number of hydrogen-bond donors (Lipinski definition) is 1. The Hall–Kier alpha value is -0.570. The van der Waals surface area contributed by atoms with Gasteiger partial charge in [0, 0.05) is 11.6 Å². The van der Waals surface area contributed by atoms with Crippen LogP contribution in [0.25, 0.3) is 0 Å². The molecule has 2 aliphatic rings. The van der Waals surface area contributed by atoms with Crippen molar-refractivity contribution in [2.45, 2.75) is 24.8 Å². The number of morpholine rings is 1. The number of nitrogens with one attached hydrogen (secondary N) is 1. The Morgan fingerprint density at radius 2 is 2.31 bits per heavy atom. The largest absolute Gasteiger partial charge is 0.378 e. The van der Waals surface area contributed by atoms with Crippen molar-refractivity contribution in [3.8, 4) is 0 Å². The molecule has 2 nitrogen and oxygen atoms in total. The first-order valence-electron chi connectivity index (χ1n) is 5.92. The van der Waals surface area contributed by atoms with Crippen LogP contribution in [0.2, 0.25) is 5.02 Å². The maximum Gasteiger partial charge on any atom is 0.0691 e. The quantitative estimate of drug-likeness (QED) is 0.749. The minimum atomic E-state index is 0.0245. The molecule has 0 radical (unpaired) electrons. The summed E-state index contributed by atoms with van der Waals surface area (Å²) in [6, 6.07) is 6.26. The van der Waals surface area contributed by atoms with Crippen LogP contribution in [-0.2, 0) is 16.7 Å². The van der Waals surface area contributed by atoms with Gasteiger partial charge in [0.1, 0.15) is 0 Å². The molecule has 86 valence electrons. The van der Waals surface area contributed by atoms with Gasteiger partial charge in [0.25, 0.3) is 0 Å². The highest BCUT2D eigenvalue weighted by Crippen LogP contribution is 2.37. The van der Waals surface area contributed by atoms with Crippen LogP contribution in [0.4, 0.5) is 0 Å². The van der Waals surface area contributed by atoms with Gasteiger partial charge in [-0.3, -0.25) is 0 Å². The smallest absolute Gasteiger partial charge is 0.0691 e. The second kappa shape index (κ2) is 4.02. The van der Waals surface area contributed by atoms with E-state index in [4.69, 9.17) is 16.3 Å². The molecular weight excluding hydrogens is 222 g/mol. The summed E-state index contributed by atoms with van der Waals surface area (Å²) in [6.07, 6.45) is 3.54. The molecule has 1 aliphatic heterocycles. The fourth-order valence-corrected chi connectivity index (χ4v) is 3.09. The molecule has 3 rings (SSSR count). The summed E-state index contributed by atoms with van der Waals surface area (Å²) in [7, 11) is 0. The second-order valence-electron chi connectivity index (χ2n) is 4.72. The van der Waals surface area contributed by atoms with Crippen LogP contribution in [0, 0.1) is 0 Å². The van der Waals surface area contributed by atoms with Crippen LogP contribution in [0.1, 0.15) is 24.0 Å². The lowest BCUT2D eigenvalue weighted by molar-refractivity contribution is 0.0169. The lowest BCUT2D eigenvalue weighted by atomic mass is 9.76. The first-order valence-corrected chi connectivity index (χ1v) is 6.30. The lowest BCUT2D eigenvalue weighted by Crippen LogP contribution is -2.53. The van der Waals surface area contributed by atoms with Crippen LogP contribution in [0.5, 0.6) is 0 Å². The Bertz CT molecular complexity index is 399. The zero-order chi connectivity index (χ0) is 11.0. The predicted octanol–water partition coefficient (Wildman–Crippen LogP) is 2.49. The van der Waals surface area contributed by atoms with E-state index in [1.54, 1.807) is 0 Å². The summed E-state index contributed by atoms with van der Waals surface area (Å²) in [6.45, 7) is 2.53. The number of benzene rings is 1. The molecule has 0 aromatic heterocycles. The molecule has 0 unspecified atom stereocenters. The molecule has 0 amide bonds. The summed E-state index contributed by atoms with van der Waals surface area (Å²) >= 11 is 6.11. The number of halogens is 1. The van der Waals surface area contributed by atoms with E-state index >= 15 is 0 Å². The molecular formula is C13H16ClNO. The van der Waals surface area contributed by atoms with Gasteiger partial charge in [-0.15, -0.1) is 0 Å². The van der Waals surface area contributed by atoms with Gasteiger partial charge in [-0.05, 0) is 42.5 Å². The van der Waals surface area contributed by atoms with Gasteiger partial charge < -0.3 is 10.1 Å². The third-order valence-corrected chi connectivity index (χ3v) is 3.93. The summed E-state index contributed by atoms with van der Waals surface area (Å²) in [5.41, 5.74) is 2.80. The maximum absolute atomic E-state index is 6.11. The highest BCUT2D eigenvalue weighted by molar-refractivity contribution is 6.30. The van der Waals surface area contributed by atoms with E-state index in [-0.39, 0.29) is 5.54 Å². The SMILES string of the molecule is Clc1ccc2c(c1)[C@]1(CCC2)COCCN1. The molecule has 1 spiro atoms. The molecule has 3 heteroatoms. The Balaban J connectivity index is 2.06. The van der Waals surface area contributed by atoms with Crippen molar-refractivity contribution in [1.29, 1.82) is 0 Å². The van der Waals surface area contributed by atoms with Crippen LogP contribution in [-0.4, -0.2) is 19.8 Å². The maximum atomic E-state index is 6.11. The van der Waals surface area contributed by atoms with Crippen molar-refractivity contribution in [3.63, 3.8) is 0 Å². The molecule has 1 saturated heterocycles. The van der Waals surface area contributed by atoms with Crippen LogP contribution in [0.3, 0.4) is 0 Å². The number of aryl methyl sites for hydroxylation is 1. The minimum absolute atomic E-state index is 0.0245. The molecule has 0 saturated carbocycles. The second-order valence-corrected chi connectivity index (χ2v) is 5.15. The minimum Gasteiger partial charge on any atom is -0.378 e. The van der Waals surface area contributed by atoms with Crippen molar-refractivity contribution in [2.75, 3.05) is 19.8 Å². The van der Waals surface area contributed by atoms with E-state index < -0.39 is 0 Å². The Morgan fingerprint density at radius 3 is 3.12 bits per heavy atom. The van der Waals surface area contributed by atoms with Crippen molar-refractivity contribution in [1.82, 2.24) is 5.32 Å². The lowest BCUT2D eigenvalue weighted by Gasteiger charge is -2.42. The van der Waals surface area contributed by atoms with Crippen LogP contribution < -0.4 is 5.32 Å². The van der Waals surface area contributed by atoms with Gasteiger partial charge in [0.05, 0.1) is 18.8 Å². The summed E-state index contributed by atoms with van der Waals surface area (Å²) < 4.78 is 5.65. The van der Waals surface area contributed by atoms with Crippen molar-refractivity contribution >= 4 is 11.6 Å². The molecule has 1 aromatic rings. The van der Waals surface area contributed by atoms with E-state index in [9.17, 15) is 0 Å². The third kappa shape index (κ3) is 1.65. The summed E-state index contributed by atoms with van der Waals surface area (Å²) in [5, 5.41) is 4.46. The monoisotopic (exact) mass is 237 g/mol. The van der Waals surface area contributed by atoms with E-state index in [0.717, 1.165) is 37.6 Å². The third-order valence-electron chi connectivity index (χ3n) is 3.70. The van der Waals surface area contributed by atoms with Gasteiger partial charge >= 0.3 is 0 Å². The molecule has 1 atom stereocenters. The molecule has 1 N–H and O–H groups in total. The number of fused-ring (bicyclic) bond motifs is 2. The van der Waals surface area contributed by atoms with E-state index in [1.165, 1.54) is 17.5 Å². The standard InChI is InChI=1S/C13H16ClNO/c14-11-4-3-10-2-1-5-13(12(10)8-11)9-16-7-6-15-13/h3-4,8,15H,1-2,5-7,9H2/t13-/m0/s1. The summed E-state index contributed by atoms with van der Waals surface area (Å²) in [4.78, 5) is 0. The highest BCUT2D eigenvalue weighted by Gasteiger charge is 2.38. The van der Waals surface area contributed by atoms with Gasteiger partial charge in [-0.25, -0.2) is 0 Å². The molecule has 1 fully saturated rings. The van der Waals surface area contributed by atoms with Crippen LogP contribution in [0.15, 0.2) is 18.2 Å². The van der Waals surface area contributed by atoms with Gasteiger partial charge in [0.2, 0.25) is 0 Å². The van der Waals surface area contributed by atoms with Gasteiger partial charge in [-0.2, -0.15) is 0 Å². The van der Waals surface area contributed by atoms with E-state index in [0.29, 0.717) is 0 Å². The number of hydrogen-bond acceptors (Lipinski definition) is 2. The predicted molar refractivity (Wildman–Crippen MR) is 64.9 cm³/mol. The average molecular weight is 238 g/mol. The Morgan fingerprint density at radius 1 is 1.38 bits per heavy atom. The van der Waals surface area contributed by atoms with Gasteiger partial charge in [0.15, 0.2) is 0 Å². The topological polar surface area (TPSA) is 21.3 Å². The molecule has 16 heavy (non-hydrogen) atoms. The zero-order valence-electron chi connectivity index (χ0n) is 9.26. The fourth-order valence-electron chi connectivity index (χ4n) is 2.92. The van der Waals surface area contributed by atoms with Crippen molar-refractivity contribution in [3.05, 3.63) is 34.3 Å². The first-order chi connectivity index (χ1) is 7.80. The molecule has 0 bridgehead atoms. The highest BCUT2D eigenvalue weighted by atomic mass is 35.5. The summed E-state index contributed by atoms with van der Waals surface area (Å²) in [5.74, 6) is 0. The normalized spacial score (nSPS) is 29.1. The average Bonchev–Trinajstić information content (AvgIpc) is 2.32. The Kier molecular flexibility index (Phi) is 2.66. The molecule has 1 aliphatic carbocycles. The zero-order valence-corrected chi connectivity index (χ0v) is 10.0. The molecule has 1 aromatic carbocycles. The van der Waals surface area contributed by atoms with Crippen molar-refractivity contribution in [2.24, 2.45) is 0 Å². The van der Waals surface area contributed by atoms with Crippen LogP contribution >= 0.6 is 11.6 Å². The van der Waals surface area contributed by atoms with Gasteiger partial charge in [-0.1, -0.05) is 17.7 Å².